The van der Waals surface area contributed by atoms with Crippen molar-refractivity contribution in [3.8, 4) is 17.2 Å². The molecule has 1 aliphatic carbocycles. The number of esters is 1. The van der Waals surface area contributed by atoms with Crippen LogP contribution in [-0.4, -0.2) is 39.7 Å². The van der Waals surface area contributed by atoms with Crippen molar-refractivity contribution in [2.24, 2.45) is 11.8 Å². The highest BCUT2D eigenvalue weighted by atomic mass is 16.5. The van der Waals surface area contributed by atoms with Crippen LogP contribution in [0.2, 0.25) is 0 Å². The predicted octanol–water partition coefficient (Wildman–Crippen LogP) is 3.98. The van der Waals surface area contributed by atoms with Crippen molar-refractivity contribution in [3.05, 3.63) is 65.2 Å². The van der Waals surface area contributed by atoms with Gasteiger partial charge in [0.2, 0.25) is 5.75 Å². The van der Waals surface area contributed by atoms with Crippen molar-refractivity contribution in [2.45, 2.75) is 5.92 Å². The third kappa shape index (κ3) is 2.78. The summed E-state index contributed by atoms with van der Waals surface area (Å²) in [5.41, 5.74) is 2.36. The summed E-state index contributed by atoms with van der Waals surface area (Å²) in [7, 11) is 4.66. The van der Waals surface area contributed by atoms with Gasteiger partial charge in [-0.15, -0.1) is 0 Å². The summed E-state index contributed by atoms with van der Waals surface area (Å²) >= 11 is 0. The third-order valence-corrected chi connectivity index (χ3v) is 6.39. The summed E-state index contributed by atoms with van der Waals surface area (Å²) in [4.78, 5) is 26.4. The van der Waals surface area contributed by atoms with Gasteiger partial charge in [-0.1, -0.05) is 36.4 Å². The molecule has 3 aromatic rings. The molecule has 31 heavy (non-hydrogen) atoms. The smallest absolute Gasteiger partial charge is 0.310 e. The average molecular weight is 418 g/mol. The second-order valence-corrected chi connectivity index (χ2v) is 7.81. The van der Waals surface area contributed by atoms with Crippen LogP contribution in [0.1, 0.15) is 27.4 Å². The maximum Gasteiger partial charge on any atom is 0.310 e. The molecule has 2 aliphatic rings. The summed E-state index contributed by atoms with van der Waals surface area (Å²) in [6.45, 7) is 0.0909. The van der Waals surface area contributed by atoms with E-state index in [1.807, 2.05) is 48.5 Å². The lowest BCUT2D eigenvalue weighted by atomic mass is 9.75. The first-order valence-corrected chi connectivity index (χ1v) is 10.1. The first kappa shape index (κ1) is 19.4. The minimum Gasteiger partial charge on any atom is -0.493 e. The Morgan fingerprint density at radius 2 is 1.58 bits per heavy atom. The highest BCUT2D eigenvalue weighted by Crippen LogP contribution is 2.50. The Balaban J connectivity index is 1.84. The van der Waals surface area contributed by atoms with Gasteiger partial charge in [-0.25, -0.2) is 0 Å². The quantitative estimate of drug-likeness (QED) is 0.597. The van der Waals surface area contributed by atoms with Gasteiger partial charge in [-0.3, -0.25) is 9.59 Å². The molecular formula is C25H22O6. The molecule has 0 saturated carbocycles. The van der Waals surface area contributed by atoms with E-state index < -0.39 is 17.8 Å². The SMILES string of the molecule is COc1cc([C@@H]2c3cccc4cccc(c34)C(=O)C3COC(=O)C32)cc(OC)c1OC. The first-order chi connectivity index (χ1) is 15.1. The second-order valence-electron chi connectivity index (χ2n) is 7.81. The Labute approximate surface area is 179 Å². The van der Waals surface area contributed by atoms with Gasteiger partial charge in [-0.05, 0) is 34.0 Å². The van der Waals surface area contributed by atoms with E-state index >= 15 is 0 Å². The maximum absolute atomic E-state index is 13.5. The average Bonchev–Trinajstić information content (AvgIpc) is 3.13. The fourth-order valence-electron chi connectivity index (χ4n) is 5.04. The molecule has 6 heteroatoms. The Morgan fingerprint density at radius 3 is 2.23 bits per heavy atom. The van der Waals surface area contributed by atoms with Crippen molar-refractivity contribution >= 4 is 22.5 Å². The number of benzene rings is 3. The van der Waals surface area contributed by atoms with E-state index in [1.165, 1.54) is 0 Å². The van der Waals surface area contributed by atoms with Gasteiger partial charge >= 0.3 is 5.97 Å². The second kappa shape index (κ2) is 7.30. The molecule has 0 radical (unpaired) electrons. The van der Waals surface area contributed by atoms with Crippen LogP contribution in [-0.2, 0) is 9.53 Å². The van der Waals surface area contributed by atoms with E-state index in [9.17, 15) is 9.59 Å². The number of hydrogen-bond acceptors (Lipinski definition) is 6. The predicted molar refractivity (Wildman–Crippen MR) is 114 cm³/mol. The molecule has 158 valence electrons. The highest BCUT2D eigenvalue weighted by Gasteiger charge is 2.50. The number of hydrogen-bond donors (Lipinski definition) is 0. The molecule has 0 bridgehead atoms. The first-order valence-electron chi connectivity index (χ1n) is 10.1. The van der Waals surface area contributed by atoms with Gasteiger partial charge in [0.05, 0.1) is 33.2 Å². The summed E-state index contributed by atoms with van der Waals surface area (Å²) in [5.74, 6) is -0.521. The lowest BCUT2D eigenvalue weighted by Gasteiger charge is -2.25. The topological polar surface area (TPSA) is 71.1 Å². The molecule has 1 heterocycles. The number of Topliss-reactive ketones (excluding diaryl/α,β-unsaturated/α-hetero) is 1. The molecule has 6 nitrogen and oxygen atoms in total. The van der Waals surface area contributed by atoms with E-state index in [1.54, 1.807) is 21.3 Å². The monoisotopic (exact) mass is 418 g/mol. The number of carbonyl (C=O) groups excluding carboxylic acids is 2. The van der Waals surface area contributed by atoms with E-state index in [-0.39, 0.29) is 18.4 Å². The fraction of sp³-hybridized carbons (Fsp3) is 0.280. The Bertz CT molecular complexity index is 1180. The molecule has 5 rings (SSSR count). The van der Waals surface area contributed by atoms with E-state index in [4.69, 9.17) is 18.9 Å². The van der Waals surface area contributed by atoms with Gasteiger partial charge in [0.25, 0.3) is 0 Å². The maximum atomic E-state index is 13.5. The number of fused-ring (bicyclic) bond motifs is 1. The summed E-state index contributed by atoms with van der Waals surface area (Å²) in [6.07, 6.45) is 0. The molecule has 3 aromatic carbocycles. The van der Waals surface area contributed by atoms with Gasteiger partial charge in [0, 0.05) is 11.5 Å². The zero-order valence-electron chi connectivity index (χ0n) is 17.5. The zero-order chi connectivity index (χ0) is 21.7. The highest BCUT2D eigenvalue weighted by molar-refractivity contribution is 6.13. The van der Waals surface area contributed by atoms with Crippen LogP contribution in [0.3, 0.4) is 0 Å². The number of ketones is 1. The number of rotatable bonds is 4. The van der Waals surface area contributed by atoms with Gasteiger partial charge in [-0.2, -0.15) is 0 Å². The molecule has 2 unspecified atom stereocenters. The lowest BCUT2D eigenvalue weighted by molar-refractivity contribution is -0.141. The summed E-state index contributed by atoms with van der Waals surface area (Å²) < 4.78 is 22.0. The molecule has 0 amide bonds. The molecule has 0 N–H and O–H groups in total. The molecule has 0 aromatic heterocycles. The van der Waals surface area contributed by atoms with E-state index in [0.717, 1.165) is 21.9 Å². The molecule has 1 saturated heterocycles. The van der Waals surface area contributed by atoms with Crippen molar-refractivity contribution < 1.29 is 28.5 Å². The van der Waals surface area contributed by atoms with Crippen LogP contribution in [0.15, 0.2) is 48.5 Å². The Hall–Kier alpha value is -3.54. The number of cyclic esters (lactones) is 1. The van der Waals surface area contributed by atoms with Crippen LogP contribution < -0.4 is 14.2 Å². The largest absolute Gasteiger partial charge is 0.493 e. The van der Waals surface area contributed by atoms with Gasteiger partial charge < -0.3 is 18.9 Å². The van der Waals surface area contributed by atoms with Crippen molar-refractivity contribution in [1.29, 1.82) is 0 Å². The van der Waals surface area contributed by atoms with Crippen LogP contribution in [0.4, 0.5) is 0 Å². The zero-order valence-corrected chi connectivity index (χ0v) is 17.5. The van der Waals surface area contributed by atoms with Crippen molar-refractivity contribution in [1.82, 2.24) is 0 Å². The van der Waals surface area contributed by atoms with Crippen LogP contribution in [0, 0.1) is 11.8 Å². The number of carbonyl (C=O) groups is 2. The van der Waals surface area contributed by atoms with Gasteiger partial charge in [0.1, 0.15) is 6.61 Å². The Morgan fingerprint density at radius 1 is 0.903 bits per heavy atom. The minimum absolute atomic E-state index is 0.0520. The fourth-order valence-corrected chi connectivity index (χ4v) is 5.04. The standard InChI is InChI=1S/C25H22O6/c1-28-18-10-14(11-19(29-2)24(18)30-3)21-15-8-4-6-13-7-5-9-16(20(13)15)23(26)17-12-31-25(27)22(17)21/h4-11,17,21-22H,12H2,1-3H3/t17?,21-,22?/m1/s1. The molecule has 1 fully saturated rings. The Kier molecular flexibility index (Phi) is 4.58. The van der Waals surface area contributed by atoms with Gasteiger partial charge in [0.15, 0.2) is 17.3 Å². The third-order valence-electron chi connectivity index (χ3n) is 6.39. The van der Waals surface area contributed by atoms with Crippen LogP contribution >= 0.6 is 0 Å². The van der Waals surface area contributed by atoms with Crippen molar-refractivity contribution in [2.75, 3.05) is 27.9 Å². The normalized spacial score (nSPS) is 22.0. The molecular weight excluding hydrogens is 396 g/mol. The molecule has 0 spiro atoms. The lowest BCUT2D eigenvalue weighted by Crippen LogP contribution is -2.28. The summed E-state index contributed by atoms with van der Waals surface area (Å²) in [5, 5.41) is 1.85. The van der Waals surface area contributed by atoms with Crippen molar-refractivity contribution in [3.63, 3.8) is 0 Å². The van der Waals surface area contributed by atoms with Crippen LogP contribution in [0.25, 0.3) is 10.8 Å². The molecule has 3 atom stereocenters. The summed E-state index contributed by atoms with van der Waals surface area (Å²) in [6, 6.07) is 15.3. The van der Waals surface area contributed by atoms with E-state index in [2.05, 4.69) is 0 Å². The molecule has 1 aliphatic heterocycles. The van der Waals surface area contributed by atoms with Crippen LogP contribution in [0.5, 0.6) is 17.2 Å². The minimum atomic E-state index is -0.631. The number of ether oxygens (including phenoxy) is 4. The van der Waals surface area contributed by atoms with E-state index in [0.29, 0.717) is 22.8 Å². The number of methoxy groups -OCH3 is 3.